The van der Waals surface area contributed by atoms with E-state index in [0.717, 1.165) is 0 Å². The second kappa shape index (κ2) is 10.4. The fourth-order valence-corrected chi connectivity index (χ4v) is 4.32. The fourth-order valence-electron chi connectivity index (χ4n) is 4.32. The third-order valence-electron chi connectivity index (χ3n) is 6.88. The lowest BCUT2D eigenvalue weighted by atomic mass is 10.1. The highest BCUT2D eigenvalue weighted by Gasteiger charge is 2.29. The molecular formula is C21H45N5. The molecule has 5 heteroatoms. The van der Waals surface area contributed by atoms with Gasteiger partial charge >= 0.3 is 0 Å². The number of hydrogen-bond donors (Lipinski definition) is 0. The summed E-state index contributed by atoms with van der Waals surface area (Å²) < 4.78 is 0. The summed E-state index contributed by atoms with van der Waals surface area (Å²) in [5.41, 5.74) is 0. The SMILES string of the molecule is CC(C)N1CCN(CCN(C)CCC(C)N2CC(C)N(C)C(C)C2)CC1. The number of rotatable bonds is 8. The van der Waals surface area contributed by atoms with Crippen molar-refractivity contribution in [2.24, 2.45) is 0 Å². The van der Waals surface area contributed by atoms with Gasteiger partial charge in [0, 0.05) is 76.5 Å². The molecule has 3 atom stereocenters. The Kier molecular flexibility index (Phi) is 8.81. The van der Waals surface area contributed by atoms with Gasteiger partial charge in [-0.15, -0.1) is 0 Å². The van der Waals surface area contributed by atoms with Crippen molar-refractivity contribution >= 4 is 0 Å². The monoisotopic (exact) mass is 367 g/mol. The number of nitrogens with zero attached hydrogens (tertiary/aromatic N) is 5. The maximum absolute atomic E-state index is 2.70. The van der Waals surface area contributed by atoms with E-state index >= 15 is 0 Å². The average Bonchev–Trinajstić information content (AvgIpc) is 2.62. The van der Waals surface area contributed by atoms with Gasteiger partial charge in [-0.2, -0.15) is 0 Å². The van der Waals surface area contributed by atoms with Gasteiger partial charge in [-0.25, -0.2) is 0 Å². The van der Waals surface area contributed by atoms with Crippen LogP contribution < -0.4 is 0 Å². The molecule has 0 spiro atoms. The molecule has 2 rings (SSSR count). The zero-order valence-electron chi connectivity index (χ0n) is 18.6. The topological polar surface area (TPSA) is 16.2 Å². The highest BCUT2D eigenvalue weighted by atomic mass is 15.3. The molecular weight excluding hydrogens is 322 g/mol. The summed E-state index contributed by atoms with van der Waals surface area (Å²) in [6, 6.07) is 2.72. The minimum absolute atomic E-state index is 0.670. The van der Waals surface area contributed by atoms with Crippen LogP contribution in [0.5, 0.6) is 0 Å². The van der Waals surface area contributed by atoms with E-state index in [0.29, 0.717) is 24.2 Å². The minimum atomic E-state index is 0.670. The Morgan fingerprint density at radius 3 is 2.00 bits per heavy atom. The third-order valence-corrected chi connectivity index (χ3v) is 6.88. The maximum Gasteiger partial charge on any atom is 0.0195 e. The molecule has 0 aliphatic carbocycles. The molecule has 2 aliphatic heterocycles. The lowest BCUT2D eigenvalue weighted by molar-refractivity contribution is 0.0334. The summed E-state index contributed by atoms with van der Waals surface area (Å²) in [5, 5.41) is 0. The molecule has 26 heavy (non-hydrogen) atoms. The Morgan fingerprint density at radius 1 is 0.885 bits per heavy atom. The van der Waals surface area contributed by atoms with E-state index in [1.54, 1.807) is 0 Å². The zero-order valence-corrected chi connectivity index (χ0v) is 18.6. The lowest BCUT2D eigenvalue weighted by Crippen LogP contribution is -2.57. The molecule has 0 bridgehead atoms. The second-order valence-electron chi connectivity index (χ2n) is 9.23. The summed E-state index contributed by atoms with van der Waals surface area (Å²) in [6.07, 6.45) is 1.28. The maximum atomic E-state index is 2.70. The Labute approximate surface area is 163 Å². The molecule has 2 heterocycles. The van der Waals surface area contributed by atoms with Crippen LogP contribution in [0.3, 0.4) is 0 Å². The van der Waals surface area contributed by atoms with Crippen LogP contribution in [0.2, 0.25) is 0 Å². The summed E-state index contributed by atoms with van der Waals surface area (Å²) in [6.45, 7) is 22.8. The predicted octanol–water partition coefficient (Wildman–Crippen LogP) is 1.75. The van der Waals surface area contributed by atoms with Gasteiger partial charge in [0.25, 0.3) is 0 Å². The van der Waals surface area contributed by atoms with E-state index in [1.807, 2.05) is 0 Å². The zero-order chi connectivity index (χ0) is 19.3. The molecule has 154 valence electrons. The summed E-state index contributed by atoms with van der Waals surface area (Å²) in [7, 11) is 4.57. The van der Waals surface area contributed by atoms with Crippen molar-refractivity contribution in [3.63, 3.8) is 0 Å². The number of hydrogen-bond acceptors (Lipinski definition) is 5. The minimum Gasteiger partial charge on any atom is -0.305 e. The average molecular weight is 368 g/mol. The molecule has 0 aromatic carbocycles. The first-order valence-electron chi connectivity index (χ1n) is 10.9. The van der Waals surface area contributed by atoms with Gasteiger partial charge in [0.15, 0.2) is 0 Å². The van der Waals surface area contributed by atoms with Crippen LogP contribution in [0.1, 0.15) is 41.0 Å². The molecule has 2 saturated heterocycles. The molecule has 0 N–H and O–H groups in total. The van der Waals surface area contributed by atoms with Crippen molar-refractivity contribution in [1.82, 2.24) is 24.5 Å². The van der Waals surface area contributed by atoms with E-state index in [1.165, 1.54) is 65.3 Å². The van der Waals surface area contributed by atoms with Gasteiger partial charge < -0.3 is 4.90 Å². The highest BCUT2D eigenvalue weighted by Crippen LogP contribution is 2.17. The third kappa shape index (κ3) is 6.45. The quantitative estimate of drug-likeness (QED) is 0.648. The Balaban J connectivity index is 1.62. The van der Waals surface area contributed by atoms with Gasteiger partial charge in [0.05, 0.1) is 0 Å². The molecule has 3 unspecified atom stereocenters. The molecule has 2 fully saturated rings. The van der Waals surface area contributed by atoms with Gasteiger partial charge in [-0.1, -0.05) is 0 Å². The van der Waals surface area contributed by atoms with Crippen molar-refractivity contribution in [2.75, 3.05) is 73.0 Å². The van der Waals surface area contributed by atoms with Crippen LogP contribution in [0, 0.1) is 0 Å². The Hall–Kier alpha value is -0.200. The van der Waals surface area contributed by atoms with Crippen LogP contribution in [0.25, 0.3) is 0 Å². The molecule has 5 nitrogen and oxygen atoms in total. The largest absolute Gasteiger partial charge is 0.305 e. The molecule has 0 aromatic heterocycles. The van der Waals surface area contributed by atoms with E-state index in [-0.39, 0.29) is 0 Å². The summed E-state index contributed by atoms with van der Waals surface area (Å²) >= 11 is 0. The van der Waals surface area contributed by atoms with Crippen LogP contribution in [0.15, 0.2) is 0 Å². The number of piperazine rings is 2. The highest BCUT2D eigenvalue weighted by molar-refractivity contribution is 4.85. The van der Waals surface area contributed by atoms with Gasteiger partial charge in [-0.3, -0.25) is 19.6 Å². The van der Waals surface area contributed by atoms with Crippen molar-refractivity contribution < 1.29 is 0 Å². The van der Waals surface area contributed by atoms with Crippen molar-refractivity contribution in [2.45, 2.75) is 65.2 Å². The van der Waals surface area contributed by atoms with Crippen LogP contribution in [-0.4, -0.2) is 122 Å². The van der Waals surface area contributed by atoms with Crippen molar-refractivity contribution in [1.29, 1.82) is 0 Å². The Bertz CT molecular complexity index is 382. The summed E-state index contributed by atoms with van der Waals surface area (Å²) in [5.74, 6) is 0. The van der Waals surface area contributed by atoms with Gasteiger partial charge in [0.1, 0.15) is 0 Å². The molecule has 0 amide bonds. The first-order valence-corrected chi connectivity index (χ1v) is 10.9. The van der Waals surface area contributed by atoms with Gasteiger partial charge in [0.2, 0.25) is 0 Å². The first-order chi connectivity index (χ1) is 12.3. The van der Waals surface area contributed by atoms with Crippen molar-refractivity contribution in [3.8, 4) is 0 Å². The first kappa shape index (κ1) is 22.1. The molecule has 2 aliphatic rings. The predicted molar refractivity (Wildman–Crippen MR) is 113 cm³/mol. The molecule has 0 radical (unpaired) electrons. The van der Waals surface area contributed by atoms with E-state index in [4.69, 9.17) is 0 Å². The van der Waals surface area contributed by atoms with Crippen LogP contribution in [0.4, 0.5) is 0 Å². The standard InChI is InChI=1S/C21H45N5/c1-18(2)25-14-12-24(13-15-25)11-10-22(6)9-8-19(3)26-16-20(4)23(7)21(5)17-26/h18-21H,8-17H2,1-7H3. The smallest absolute Gasteiger partial charge is 0.0195 e. The number of likely N-dealkylation sites (N-methyl/N-ethyl adjacent to an activating group) is 2. The molecule has 0 aromatic rings. The van der Waals surface area contributed by atoms with Crippen LogP contribution >= 0.6 is 0 Å². The normalized spacial score (nSPS) is 29.0. The van der Waals surface area contributed by atoms with E-state index < -0.39 is 0 Å². The Morgan fingerprint density at radius 2 is 1.46 bits per heavy atom. The van der Waals surface area contributed by atoms with E-state index in [9.17, 15) is 0 Å². The molecule has 0 saturated carbocycles. The summed E-state index contributed by atoms with van der Waals surface area (Å²) in [4.78, 5) is 13.0. The van der Waals surface area contributed by atoms with E-state index in [2.05, 4.69) is 73.2 Å². The fraction of sp³-hybridized carbons (Fsp3) is 1.00. The van der Waals surface area contributed by atoms with Gasteiger partial charge in [-0.05, 0) is 61.7 Å². The van der Waals surface area contributed by atoms with Crippen molar-refractivity contribution in [3.05, 3.63) is 0 Å². The lowest BCUT2D eigenvalue weighted by Gasteiger charge is -2.45. The van der Waals surface area contributed by atoms with Crippen LogP contribution in [-0.2, 0) is 0 Å². The second-order valence-corrected chi connectivity index (χ2v) is 9.23.